The number of sulfonamides is 1. The molecule has 29 heavy (non-hydrogen) atoms. The summed E-state index contributed by atoms with van der Waals surface area (Å²) in [7, 11) is -3.35. The van der Waals surface area contributed by atoms with Gasteiger partial charge in [-0.2, -0.15) is 0 Å². The van der Waals surface area contributed by atoms with E-state index in [4.69, 9.17) is 4.74 Å². The molecule has 2 aliphatic heterocycles. The van der Waals surface area contributed by atoms with E-state index in [2.05, 4.69) is 46.0 Å². The Morgan fingerprint density at radius 2 is 2.03 bits per heavy atom. The van der Waals surface area contributed by atoms with Crippen LogP contribution in [0.4, 0.5) is 0 Å². The minimum absolute atomic E-state index is 0. The average molecular weight is 546 g/mol. The Balaban J connectivity index is 0.00000420. The summed E-state index contributed by atoms with van der Waals surface area (Å²) in [6.45, 7) is 12.8. The van der Waals surface area contributed by atoms with E-state index in [-0.39, 0.29) is 42.4 Å². The van der Waals surface area contributed by atoms with Crippen LogP contribution in [0.15, 0.2) is 4.99 Å². The van der Waals surface area contributed by atoms with Crippen LogP contribution in [0.1, 0.15) is 47.0 Å². The van der Waals surface area contributed by atoms with Crippen molar-refractivity contribution in [1.29, 1.82) is 0 Å². The number of hydrogen-bond donors (Lipinski definition) is 3. The van der Waals surface area contributed by atoms with Gasteiger partial charge >= 0.3 is 0 Å². The fourth-order valence-corrected chi connectivity index (χ4v) is 4.56. The second kappa shape index (κ2) is 13.3. The molecule has 0 aromatic carbocycles. The van der Waals surface area contributed by atoms with E-state index < -0.39 is 10.0 Å². The molecule has 3 unspecified atom stereocenters. The van der Waals surface area contributed by atoms with Crippen LogP contribution in [0, 0.1) is 5.92 Å². The van der Waals surface area contributed by atoms with Crippen LogP contribution in [0.25, 0.3) is 0 Å². The summed E-state index contributed by atoms with van der Waals surface area (Å²) in [5.41, 5.74) is 0. The Kier molecular flexibility index (Phi) is 12.3. The van der Waals surface area contributed by atoms with E-state index in [0.717, 1.165) is 45.5 Å². The lowest BCUT2D eigenvalue weighted by Gasteiger charge is -2.22. The highest BCUT2D eigenvalue weighted by molar-refractivity contribution is 14.0. The highest BCUT2D eigenvalue weighted by atomic mass is 127. The third-order valence-corrected chi connectivity index (χ3v) is 6.80. The number of hydrogen-bond acceptors (Lipinski definition) is 5. The topological polar surface area (TPSA) is 95.1 Å². The van der Waals surface area contributed by atoms with Crippen LogP contribution in [0.3, 0.4) is 0 Å². The molecule has 0 aliphatic carbocycles. The Labute approximate surface area is 194 Å². The summed E-state index contributed by atoms with van der Waals surface area (Å²) in [4.78, 5) is 6.94. The Bertz CT molecular complexity index is 597. The maximum atomic E-state index is 12.2. The van der Waals surface area contributed by atoms with E-state index in [9.17, 15) is 8.42 Å². The first-order valence-corrected chi connectivity index (χ1v) is 12.3. The van der Waals surface area contributed by atoms with Crippen molar-refractivity contribution in [3.63, 3.8) is 0 Å². The van der Waals surface area contributed by atoms with Crippen LogP contribution in [0.5, 0.6) is 0 Å². The Morgan fingerprint density at radius 1 is 1.28 bits per heavy atom. The van der Waals surface area contributed by atoms with Crippen LogP contribution in [-0.4, -0.2) is 82.5 Å². The quantitative estimate of drug-likeness (QED) is 0.230. The Morgan fingerprint density at radius 3 is 2.62 bits per heavy atom. The van der Waals surface area contributed by atoms with E-state index in [1.165, 1.54) is 0 Å². The molecule has 2 rings (SSSR count). The van der Waals surface area contributed by atoms with Gasteiger partial charge in [-0.15, -0.1) is 24.0 Å². The zero-order valence-corrected chi connectivity index (χ0v) is 21.5. The molecule has 2 aliphatic rings. The van der Waals surface area contributed by atoms with Crippen molar-refractivity contribution in [3.05, 3.63) is 0 Å². The Hall–Kier alpha value is -0.170. The third-order valence-electron chi connectivity index (χ3n) is 5.47. The first-order chi connectivity index (χ1) is 13.3. The van der Waals surface area contributed by atoms with Gasteiger partial charge in [-0.25, -0.2) is 13.1 Å². The van der Waals surface area contributed by atoms with Crippen molar-refractivity contribution < 1.29 is 13.2 Å². The fourth-order valence-electron chi connectivity index (χ4n) is 3.65. The zero-order valence-electron chi connectivity index (χ0n) is 18.3. The van der Waals surface area contributed by atoms with E-state index in [1.807, 2.05) is 6.92 Å². The van der Waals surface area contributed by atoms with Crippen molar-refractivity contribution in [2.24, 2.45) is 10.9 Å². The van der Waals surface area contributed by atoms with Crippen LogP contribution >= 0.6 is 24.0 Å². The van der Waals surface area contributed by atoms with Crippen molar-refractivity contribution >= 4 is 40.0 Å². The number of ether oxygens (including phenoxy) is 1. The molecule has 2 fully saturated rings. The largest absolute Gasteiger partial charge is 0.377 e. The monoisotopic (exact) mass is 545 g/mol. The second-order valence-corrected chi connectivity index (χ2v) is 10.1. The SMILES string of the molecule is CCNC(=NCCS(=O)(=O)NCC1CCCCO1)NC1CN(C(C)C)CC1C.I. The van der Waals surface area contributed by atoms with Gasteiger partial charge in [0, 0.05) is 44.9 Å². The van der Waals surface area contributed by atoms with Gasteiger partial charge in [0.1, 0.15) is 0 Å². The fraction of sp³-hybridized carbons (Fsp3) is 0.947. The van der Waals surface area contributed by atoms with E-state index >= 15 is 0 Å². The zero-order chi connectivity index (χ0) is 20.6. The van der Waals surface area contributed by atoms with Crippen molar-refractivity contribution in [2.45, 2.75) is 65.1 Å². The van der Waals surface area contributed by atoms with Crippen molar-refractivity contribution in [2.75, 3.05) is 45.1 Å². The maximum absolute atomic E-state index is 12.2. The molecular weight excluding hydrogens is 505 g/mol. The number of nitrogens with zero attached hydrogens (tertiary/aromatic N) is 2. The number of aliphatic imine (C=N–C) groups is 1. The number of rotatable bonds is 9. The van der Waals surface area contributed by atoms with Gasteiger partial charge in [-0.3, -0.25) is 9.89 Å². The van der Waals surface area contributed by atoms with Gasteiger partial charge in [0.2, 0.25) is 10.0 Å². The van der Waals surface area contributed by atoms with Crippen LogP contribution in [0.2, 0.25) is 0 Å². The average Bonchev–Trinajstić information content (AvgIpc) is 3.02. The molecule has 0 bridgehead atoms. The molecule has 0 spiro atoms. The lowest BCUT2D eigenvalue weighted by molar-refractivity contribution is 0.0200. The van der Waals surface area contributed by atoms with E-state index in [1.54, 1.807) is 0 Å². The summed E-state index contributed by atoms with van der Waals surface area (Å²) in [6, 6.07) is 0.844. The molecule has 0 saturated carbocycles. The van der Waals surface area contributed by atoms with Crippen molar-refractivity contribution in [3.8, 4) is 0 Å². The van der Waals surface area contributed by atoms with Crippen molar-refractivity contribution in [1.82, 2.24) is 20.3 Å². The predicted octanol–water partition coefficient (Wildman–Crippen LogP) is 1.38. The van der Waals surface area contributed by atoms with Gasteiger partial charge < -0.3 is 15.4 Å². The molecule has 3 N–H and O–H groups in total. The maximum Gasteiger partial charge on any atom is 0.213 e. The summed E-state index contributed by atoms with van der Waals surface area (Å²) in [5.74, 6) is 1.19. The first kappa shape index (κ1) is 26.9. The van der Waals surface area contributed by atoms with Gasteiger partial charge in [0.05, 0.1) is 18.4 Å². The number of likely N-dealkylation sites (tertiary alicyclic amines) is 1. The normalized spacial score (nSPS) is 26.4. The highest BCUT2D eigenvalue weighted by Crippen LogP contribution is 2.18. The molecule has 2 saturated heterocycles. The molecule has 3 atom stereocenters. The third kappa shape index (κ3) is 9.67. The van der Waals surface area contributed by atoms with E-state index in [0.29, 0.717) is 30.5 Å². The molecule has 2 heterocycles. The number of guanidine groups is 1. The minimum atomic E-state index is -3.35. The highest BCUT2D eigenvalue weighted by Gasteiger charge is 2.31. The lowest BCUT2D eigenvalue weighted by Crippen LogP contribution is -2.47. The molecule has 172 valence electrons. The summed E-state index contributed by atoms with van der Waals surface area (Å²) in [5, 5.41) is 6.71. The van der Waals surface area contributed by atoms with Crippen LogP contribution in [-0.2, 0) is 14.8 Å². The minimum Gasteiger partial charge on any atom is -0.377 e. The number of nitrogens with one attached hydrogen (secondary N) is 3. The molecule has 8 nitrogen and oxygen atoms in total. The first-order valence-electron chi connectivity index (χ1n) is 10.7. The standard InChI is InChI=1S/C19H39N5O3S.HI/c1-5-20-19(23-18-14-24(15(2)3)13-16(18)4)21-9-11-28(25,26)22-12-17-8-6-7-10-27-17;/h15-18,22H,5-14H2,1-4H3,(H2,20,21,23);1H. The summed E-state index contributed by atoms with van der Waals surface area (Å²) >= 11 is 0. The molecular formula is C19H40IN5O3S. The molecule has 0 radical (unpaired) electrons. The molecule has 0 aromatic heterocycles. The van der Waals surface area contributed by atoms with Gasteiger partial charge in [-0.05, 0) is 46.0 Å². The molecule has 0 amide bonds. The lowest BCUT2D eigenvalue weighted by atomic mass is 10.1. The molecule has 10 heteroatoms. The van der Waals surface area contributed by atoms with Crippen LogP contribution < -0.4 is 15.4 Å². The summed E-state index contributed by atoms with van der Waals surface area (Å²) in [6.07, 6.45) is 3.08. The molecule has 0 aromatic rings. The van der Waals surface area contributed by atoms with Gasteiger partial charge in [-0.1, -0.05) is 6.92 Å². The second-order valence-electron chi connectivity index (χ2n) is 8.19. The summed E-state index contributed by atoms with van der Waals surface area (Å²) < 4.78 is 32.7. The smallest absolute Gasteiger partial charge is 0.213 e. The van der Waals surface area contributed by atoms with Gasteiger partial charge in [0.15, 0.2) is 5.96 Å². The predicted molar refractivity (Wildman–Crippen MR) is 130 cm³/mol. The van der Waals surface area contributed by atoms with Gasteiger partial charge in [0.25, 0.3) is 0 Å². The number of halogens is 1.